The minimum absolute atomic E-state index is 0.0652. The molecule has 0 saturated carbocycles. The van der Waals surface area contributed by atoms with Gasteiger partial charge in [0.15, 0.2) is 0 Å². The Labute approximate surface area is 233 Å². The first kappa shape index (κ1) is 34.4. The molecule has 0 unspecified atom stereocenters. The number of piperidine rings is 2. The molecule has 3 N–H and O–H groups in total. The summed E-state index contributed by atoms with van der Waals surface area (Å²) in [5.41, 5.74) is 4.75. The first-order valence-corrected chi connectivity index (χ1v) is 13.5. The van der Waals surface area contributed by atoms with Crippen molar-refractivity contribution in [3.05, 3.63) is 0 Å². The van der Waals surface area contributed by atoms with Crippen molar-refractivity contribution in [2.45, 2.75) is 97.6 Å². The number of hydrogen-bond acceptors (Lipinski definition) is 10. The smallest absolute Gasteiger partial charge is 0.410 e. The van der Waals surface area contributed by atoms with E-state index in [1.165, 1.54) is 19.1 Å². The van der Waals surface area contributed by atoms with Crippen molar-refractivity contribution in [3.8, 4) is 0 Å². The number of ether oxygens (including phenoxy) is 4. The number of rotatable bonds is 4. The maximum atomic E-state index is 12.2. The fourth-order valence-electron chi connectivity index (χ4n) is 4.46. The second-order valence-electron chi connectivity index (χ2n) is 12.5. The number of nitrogens with one attached hydrogen (secondary N) is 1. The lowest BCUT2D eigenvalue weighted by Gasteiger charge is -2.38. The van der Waals surface area contributed by atoms with Crippen LogP contribution in [0, 0.1) is 11.8 Å². The number of carbonyl (C=O) groups excluding carboxylic acids is 4. The van der Waals surface area contributed by atoms with E-state index in [0.717, 1.165) is 0 Å². The molecule has 2 saturated heterocycles. The molecule has 0 bridgehead atoms. The Morgan fingerprint density at radius 3 is 1.54 bits per heavy atom. The fourth-order valence-corrected chi connectivity index (χ4v) is 4.46. The molecule has 2 aliphatic heterocycles. The van der Waals surface area contributed by atoms with Gasteiger partial charge in [0.25, 0.3) is 0 Å². The second kappa shape index (κ2) is 14.7. The minimum Gasteiger partial charge on any atom is -0.469 e. The van der Waals surface area contributed by atoms with Gasteiger partial charge in [-0.3, -0.25) is 9.59 Å². The number of nitrogens with zero attached hydrogens (tertiary/aromatic N) is 2. The van der Waals surface area contributed by atoms with Crippen LogP contribution in [0.3, 0.4) is 0 Å². The quantitative estimate of drug-likeness (QED) is 0.389. The molecule has 2 amide bonds. The van der Waals surface area contributed by atoms with Gasteiger partial charge in [-0.2, -0.15) is 0 Å². The van der Waals surface area contributed by atoms with E-state index in [1.807, 2.05) is 34.6 Å². The Bertz CT molecular complexity index is 837. The highest BCUT2D eigenvalue weighted by atomic mass is 16.6. The van der Waals surface area contributed by atoms with Gasteiger partial charge in [-0.15, -0.1) is 0 Å². The zero-order chi connectivity index (χ0) is 30.1. The number of nitrogens with two attached hydrogens (primary N) is 1. The lowest BCUT2D eigenvalue weighted by atomic mass is 9.94. The third-order valence-corrected chi connectivity index (χ3v) is 5.87. The molecule has 2 rings (SSSR count). The third-order valence-electron chi connectivity index (χ3n) is 5.87. The molecule has 2 heterocycles. The van der Waals surface area contributed by atoms with E-state index in [0.29, 0.717) is 39.0 Å². The molecule has 0 aromatic heterocycles. The van der Waals surface area contributed by atoms with Crippen molar-refractivity contribution in [2.75, 3.05) is 40.4 Å². The van der Waals surface area contributed by atoms with Crippen LogP contribution in [0.5, 0.6) is 0 Å². The first-order valence-electron chi connectivity index (χ1n) is 13.5. The average molecular weight is 559 g/mol. The van der Waals surface area contributed by atoms with Crippen molar-refractivity contribution in [1.29, 1.82) is 0 Å². The van der Waals surface area contributed by atoms with Crippen LogP contribution in [0.25, 0.3) is 0 Å². The van der Waals surface area contributed by atoms with Crippen molar-refractivity contribution in [3.63, 3.8) is 0 Å². The van der Waals surface area contributed by atoms with Crippen molar-refractivity contribution < 1.29 is 38.1 Å². The van der Waals surface area contributed by atoms with Crippen LogP contribution in [0.2, 0.25) is 0 Å². The molecule has 2 aliphatic rings. The molecule has 0 aromatic rings. The Balaban J connectivity index is 0.000000395. The maximum Gasteiger partial charge on any atom is 0.410 e. The molecule has 12 heteroatoms. The predicted octanol–water partition coefficient (Wildman–Crippen LogP) is 2.53. The third kappa shape index (κ3) is 12.9. The molecule has 0 radical (unpaired) electrons. The van der Waals surface area contributed by atoms with Crippen LogP contribution in [0.15, 0.2) is 0 Å². The summed E-state index contributed by atoms with van der Waals surface area (Å²) in [6, 6.07) is 0.123. The lowest BCUT2D eigenvalue weighted by molar-refractivity contribution is -0.148. The van der Waals surface area contributed by atoms with E-state index >= 15 is 0 Å². The van der Waals surface area contributed by atoms with Crippen LogP contribution < -0.4 is 11.1 Å². The van der Waals surface area contributed by atoms with Gasteiger partial charge in [0.05, 0.1) is 26.1 Å². The van der Waals surface area contributed by atoms with E-state index < -0.39 is 17.3 Å². The molecular weight excluding hydrogens is 508 g/mol. The number of likely N-dealkylation sites (tertiary alicyclic amines) is 2. The summed E-state index contributed by atoms with van der Waals surface area (Å²) in [5, 5.41) is 3.38. The summed E-state index contributed by atoms with van der Waals surface area (Å²) >= 11 is 0. The lowest BCUT2D eigenvalue weighted by Crippen LogP contribution is -2.55. The van der Waals surface area contributed by atoms with Gasteiger partial charge in [-0.25, -0.2) is 9.59 Å². The molecule has 0 aromatic carbocycles. The highest BCUT2D eigenvalue weighted by Gasteiger charge is 2.37. The van der Waals surface area contributed by atoms with Gasteiger partial charge in [-0.05, 0) is 54.4 Å². The number of methoxy groups -OCH3 is 2. The van der Waals surface area contributed by atoms with Crippen LogP contribution in [0.1, 0.15) is 68.2 Å². The predicted molar refractivity (Wildman–Crippen MR) is 146 cm³/mol. The Kier molecular flexibility index (Phi) is 13.0. The Morgan fingerprint density at radius 2 is 1.15 bits per heavy atom. The zero-order valence-electron chi connectivity index (χ0n) is 25.4. The van der Waals surface area contributed by atoms with Crippen molar-refractivity contribution in [2.24, 2.45) is 17.6 Å². The van der Waals surface area contributed by atoms with E-state index in [-0.39, 0.29) is 48.0 Å². The number of amides is 2. The summed E-state index contributed by atoms with van der Waals surface area (Å²) < 4.78 is 20.2. The van der Waals surface area contributed by atoms with E-state index in [2.05, 4.69) is 5.32 Å². The maximum absolute atomic E-state index is 12.2. The average Bonchev–Trinajstić information content (AvgIpc) is 2.80. The summed E-state index contributed by atoms with van der Waals surface area (Å²) in [7, 11) is 2.71. The van der Waals surface area contributed by atoms with Crippen LogP contribution in [0.4, 0.5) is 9.59 Å². The molecule has 2 fully saturated rings. The van der Waals surface area contributed by atoms with Gasteiger partial charge >= 0.3 is 24.1 Å². The van der Waals surface area contributed by atoms with Crippen molar-refractivity contribution >= 4 is 24.1 Å². The topological polar surface area (TPSA) is 150 Å². The van der Waals surface area contributed by atoms with Gasteiger partial charge < -0.3 is 39.8 Å². The minimum atomic E-state index is -0.556. The molecule has 4 atom stereocenters. The first-order chi connectivity index (χ1) is 17.8. The van der Waals surface area contributed by atoms with Gasteiger partial charge in [0, 0.05) is 44.3 Å². The summed E-state index contributed by atoms with van der Waals surface area (Å²) in [6.07, 6.45) is 0.383. The largest absolute Gasteiger partial charge is 0.469 e. The van der Waals surface area contributed by atoms with Gasteiger partial charge in [0.2, 0.25) is 0 Å². The molecule has 39 heavy (non-hydrogen) atoms. The second-order valence-corrected chi connectivity index (χ2v) is 12.5. The molecule has 12 nitrogen and oxygen atoms in total. The number of carbonyl (C=O) groups is 4. The van der Waals surface area contributed by atoms with Crippen LogP contribution >= 0.6 is 0 Å². The standard InChI is InChI=1S/C15H28N2O4.C12H22N2O4/c1-10(2)16-12-7-11(13(18)20-6)8-17(9-12)14(19)21-15(3,4)5;1-12(2,3)18-11(16)14-6-8(10(15)17-4)5-9(13)7-14/h10-12,16H,7-9H2,1-6H3;8-9H,5-7,13H2,1-4H3/t11-,12+;8-,9+/m11/s1. The summed E-state index contributed by atoms with van der Waals surface area (Å²) in [4.78, 5) is 50.5. The highest BCUT2D eigenvalue weighted by molar-refractivity contribution is 5.75. The fraction of sp³-hybridized carbons (Fsp3) is 0.852. The monoisotopic (exact) mass is 558 g/mol. The molecular formula is C27H50N4O8. The Hall–Kier alpha value is -2.60. The number of hydrogen-bond donors (Lipinski definition) is 2. The zero-order valence-corrected chi connectivity index (χ0v) is 25.4. The normalized spacial score (nSPS) is 23.8. The summed E-state index contributed by atoms with van der Waals surface area (Å²) in [5.74, 6) is -1.30. The molecule has 0 aliphatic carbocycles. The Morgan fingerprint density at radius 1 is 0.744 bits per heavy atom. The van der Waals surface area contributed by atoms with E-state index in [9.17, 15) is 19.2 Å². The van der Waals surface area contributed by atoms with E-state index in [4.69, 9.17) is 24.7 Å². The van der Waals surface area contributed by atoms with E-state index in [1.54, 1.807) is 25.7 Å². The summed E-state index contributed by atoms with van der Waals surface area (Å²) in [6.45, 7) is 16.6. The SMILES string of the molecule is COC(=O)[C@@H]1C[C@H](N)CN(C(=O)OC(C)(C)C)C1.COC(=O)[C@@H]1C[C@H](NC(C)C)CN(C(=O)OC(C)(C)C)C1. The van der Waals surface area contributed by atoms with Crippen LogP contribution in [-0.4, -0.2) is 104 Å². The van der Waals surface area contributed by atoms with Gasteiger partial charge in [0.1, 0.15) is 11.2 Å². The van der Waals surface area contributed by atoms with Crippen LogP contribution in [-0.2, 0) is 28.5 Å². The molecule has 0 spiro atoms. The number of esters is 2. The van der Waals surface area contributed by atoms with Crippen molar-refractivity contribution in [1.82, 2.24) is 15.1 Å². The van der Waals surface area contributed by atoms with Gasteiger partial charge in [-0.1, -0.05) is 13.8 Å². The molecule has 226 valence electrons. The highest BCUT2D eigenvalue weighted by Crippen LogP contribution is 2.22.